The Labute approximate surface area is 152 Å². The van der Waals surface area contributed by atoms with E-state index in [9.17, 15) is 5.11 Å². The molecule has 3 rings (SSSR count). The molecule has 1 aliphatic heterocycles. The molecular weight excluding hydrogens is 306 g/mol. The average molecular weight is 338 g/mol. The fraction of sp³-hybridized carbons (Fsp3) is 0.478. The predicted octanol–water partition coefficient (Wildman–Crippen LogP) is 5.14. The number of nitrogens with zero attached hydrogens (tertiary/aromatic N) is 1. The van der Waals surface area contributed by atoms with Crippen molar-refractivity contribution in [2.75, 3.05) is 13.1 Å². The van der Waals surface area contributed by atoms with E-state index in [2.05, 4.69) is 36.9 Å². The summed E-state index contributed by atoms with van der Waals surface area (Å²) in [6.45, 7) is 7.00. The minimum Gasteiger partial charge on any atom is -0.384 e. The Hall–Kier alpha value is -1.64. The third-order valence-electron chi connectivity index (χ3n) is 5.61. The maximum Gasteiger partial charge on any atom is 0.104 e. The normalized spacial score (nSPS) is 21.5. The summed E-state index contributed by atoms with van der Waals surface area (Å²) >= 11 is 0. The van der Waals surface area contributed by atoms with Crippen LogP contribution in [0.5, 0.6) is 0 Å². The van der Waals surface area contributed by atoms with E-state index < -0.39 is 6.10 Å². The summed E-state index contributed by atoms with van der Waals surface area (Å²) in [5.74, 6) is 0.475. The molecule has 25 heavy (non-hydrogen) atoms. The molecule has 0 spiro atoms. The molecule has 1 aliphatic rings. The highest BCUT2D eigenvalue weighted by atomic mass is 16.3. The molecule has 0 bridgehead atoms. The van der Waals surface area contributed by atoms with Crippen molar-refractivity contribution >= 4 is 0 Å². The standard InChI is InChI=1S/C23H31NO/c1-18(17-24-15-8-4-5-10-19(24)2)21-13-9-14-22(16-21)23(25)20-11-6-3-7-12-20/h3,6-7,9,11-14,16,18-19,23,25H,4-5,8,10,15,17H2,1-2H3. The minimum absolute atomic E-state index is 0.475. The van der Waals surface area contributed by atoms with E-state index in [0.29, 0.717) is 12.0 Å². The second-order valence-electron chi connectivity index (χ2n) is 7.58. The number of hydrogen-bond acceptors (Lipinski definition) is 2. The first-order chi connectivity index (χ1) is 12.1. The fourth-order valence-electron chi connectivity index (χ4n) is 3.93. The van der Waals surface area contributed by atoms with Gasteiger partial charge in [0.15, 0.2) is 0 Å². The van der Waals surface area contributed by atoms with Gasteiger partial charge < -0.3 is 10.0 Å². The van der Waals surface area contributed by atoms with Crippen LogP contribution in [0.15, 0.2) is 54.6 Å². The maximum absolute atomic E-state index is 10.7. The topological polar surface area (TPSA) is 23.5 Å². The van der Waals surface area contributed by atoms with Crippen molar-refractivity contribution in [3.63, 3.8) is 0 Å². The van der Waals surface area contributed by atoms with Gasteiger partial charge in [-0.05, 0) is 48.9 Å². The van der Waals surface area contributed by atoms with Gasteiger partial charge in [0.05, 0.1) is 0 Å². The van der Waals surface area contributed by atoms with Gasteiger partial charge in [-0.2, -0.15) is 0 Å². The molecule has 1 N–H and O–H groups in total. The molecule has 1 fully saturated rings. The molecule has 0 amide bonds. The largest absolute Gasteiger partial charge is 0.384 e. The summed E-state index contributed by atoms with van der Waals surface area (Å²) in [5, 5.41) is 10.7. The zero-order valence-corrected chi connectivity index (χ0v) is 15.6. The van der Waals surface area contributed by atoms with Crippen molar-refractivity contribution < 1.29 is 5.11 Å². The zero-order valence-electron chi connectivity index (χ0n) is 15.6. The van der Waals surface area contributed by atoms with Gasteiger partial charge in [0, 0.05) is 12.6 Å². The highest BCUT2D eigenvalue weighted by molar-refractivity contribution is 5.33. The molecule has 2 aromatic carbocycles. The monoisotopic (exact) mass is 337 g/mol. The first-order valence-electron chi connectivity index (χ1n) is 9.72. The van der Waals surface area contributed by atoms with E-state index in [1.54, 1.807) is 0 Å². The van der Waals surface area contributed by atoms with Gasteiger partial charge in [0.2, 0.25) is 0 Å². The van der Waals surface area contributed by atoms with E-state index in [1.165, 1.54) is 37.8 Å². The summed E-state index contributed by atoms with van der Waals surface area (Å²) in [6.07, 6.45) is 4.83. The van der Waals surface area contributed by atoms with Crippen molar-refractivity contribution in [1.82, 2.24) is 4.90 Å². The van der Waals surface area contributed by atoms with Crippen molar-refractivity contribution in [3.05, 3.63) is 71.3 Å². The van der Waals surface area contributed by atoms with Gasteiger partial charge in [-0.3, -0.25) is 0 Å². The van der Waals surface area contributed by atoms with E-state index in [1.807, 2.05) is 36.4 Å². The number of aliphatic hydroxyl groups is 1. The van der Waals surface area contributed by atoms with Gasteiger partial charge in [-0.1, -0.05) is 74.4 Å². The van der Waals surface area contributed by atoms with Crippen molar-refractivity contribution in [1.29, 1.82) is 0 Å². The van der Waals surface area contributed by atoms with Gasteiger partial charge >= 0.3 is 0 Å². The Morgan fingerprint density at radius 3 is 2.48 bits per heavy atom. The Morgan fingerprint density at radius 1 is 0.960 bits per heavy atom. The van der Waals surface area contributed by atoms with Crippen LogP contribution in [0.2, 0.25) is 0 Å². The summed E-state index contributed by atoms with van der Waals surface area (Å²) in [5.41, 5.74) is 3.26. The summed E-state index contributed by atoms with van der Waals surface area (Å²) < 4.78 is 0. The Morgan fingerprint density at radius 2 is 1.68 bits per heavy atom. The van der Waals surface area contributed by atoms with Crippen molar-refractivity contribution in [2.24, 2.45) is 0 Å². The molecule has 0 aliphatic carbocycles. The highest BCUT2D eigenvalue weighted by Gasteiger charge is 2.20. The zero-order chi connectivity index (χ0) is 17.6. The molecule has 1 heterocycles. The number of aliphatic hydroxyl groups excluding tert-OH is 1. The van der Waals surface area contributed by atoms with Crippen molar-refractivity contribution in [2.45, 2.75) is 57.6 Å². The number of rotatable bonds is 5. The van der Waals surface area contributed by atoms with Crippen molar-refractivity contribution in [3.8, 4) is 0 Å². The summed E-state index contributed by atoms with van der Waals surface area (Å²) in [4.78, 5) is 2.65. The molecule has 0 saturated carbocycles. The lowest BCUT2D eigenvalue weighted by molar-refractivity contribution is 0.203. The van der Waals surface area contributed by atoms with Crippen LogP contribution in [-0.2, 0) is 0 Å². The van der Waals surface area contributed by atoms with Crippen LogP contribution >= 0.6 is 0 Å². The van der Waals surface area contributed by atoms with Crippen LogP contribution < -0.4 is 0 Å². The Balaban J connectivity index is 1.72. The molecule has 0 aromatic heterocycles. The molecular formula is C23H31NO. The Bertz CT molecular complexity index is 654. The third-order valence-corrected chi connectivity index (χ3v) is 5.61. The molecule has 2 aromatic rings. The molecule has 3 unspecified atom stereocenters. The number of likely N-dealkylation sites (tertiary alicyclic amines) is 1. The second kappa shape index (κ2) is 8.64. The molecule has 2 nitrogen and oxygen atoms in total. The van der Waals surface area contributed by atoms with Crippen LogP contribution in [0.4, 0.5) is 0 Å². The lowest BCUT2D eigenvalue weighted by Crippen LogP contribution is -2.35. The van der Waals surface area contributed by atoms with Gasteiger partial charge in [0.25, 0.3) is 0 Å². The first kappa shape index (κ1) is 18.2. The van der Waals surface area contributed by atoms with Gasteiger partial charge in [-0.15, -0.1) is 0 Å². The van der Waals surface area contributed by atoms with Crippen LogP contribution in [0.25, 0.3) is 0 Å². The summed E-state index contributed by atoms with van der Waals surface area (Å²) in [7, 11) is 0. The van der Waals surface area contributed by atoms with E-state index >= 15 is 0 Å². The quantitative estimate of drug-likeness (QED) is 0.817. The number of hydrogen-bond donors (Lipinski definition) is 1. The lowest BCUT2D eigenvalue weighted by atomic mass is 9.94. The molecule has 134 valence electrons. The first-order valence-corrected chi connectivity index (χ1v) is 9.72. The van der Waals surface area contributed by atoms with Crippen LogP contribution in [0, 0.1) is 0 Å². The minimum atomic E-state index is -0.550. The van der Waals surface area contributed by atoms with E-state index in [-0.39, 0.29) is 0 Å². The average Bonchev–Trinajstić information content (AvgIpc) is 2.86. The van der Waals surface area contributed by atoms with Crippen LogP contribution in [0.1, 0.15) is 68.2 Å². The number of benzene rings is 2. The third kappa shape index (κ3) is 4.71. The van der Waals surface area contributed by atoms with Gasteiger partial charge in [0.1, 0.15) is 6.10 Å². The van der Waals surface area contributed by atoms with Crippen LogP contribution in [0.3, 0.4) is 0 Å². The van der Waals surface area contributed by atoms with E-state index in [4.69, 9.17) is 0 Å². The molecule has 2 heteroatoms. The summed E-state index contributed by atoms with van der Waals surface area (Å²) in [6, 6.07) is 19.1. The lowest BCUT2D eigenvalue weighted by Gasteiger charge is -2.30. The van der Waals surface area contributed by atoms with E-state index in [0.717, 1.165) is 17.7 Å². The molecule has 0 radical (unpaired) electrons. The molecule has 1 saturated heterocycles. The smallest absolute Gasteiger partial charge is 0.104 e. The maximum atomic E-state index is 10.7. The second-order valence-corrected chi connectivity index (χ2v) is 7.58. The highest BCUT2D eigenvalue weighted by Crippen LogP contribution is 2.27. The SMILES string of the molecule is CC(CN1CCCCCC1C)c1cccc(C(O)c2ccccc2)c1. The fourth-order valence-corrected chi connectivity index (χ4v) is 3.93. The predicted molar refractivity (Wildman–Crippen MR) is 105 cm³/mol. The molecule has 3 atom stereocenters. The van der Waals surface area contributed by atoms with Crippen LogP contribution in [-0.4, -0.2) is 29.1 Å². The van der Waals surface area contributed by atoms with Gasteiger partial charge in [-0.25, -0.2) is 0 Å². The Kier molecular flexibility index (Phi) is 6.28.